The standard InChI is InChI=1S/C27H32N4O2S/c1-3-34-17-16-33-26-11-10-23-18-22(26)20-31(2)14-5-4-6-15-32-24-9-7-8-21(19-24)25-12-13-28-27(29-23)30-25/h4-5,7-13,18-19H,3,6,14-17,20H2,1-2H3,(H,28,29,30). The fraction of sp³-hybridized carbons (Fsp3) is 0.333. The summed E-state index contributed by atoms with van der Waals surface area (Å²) in [6.45, 7) is 5.13. The summed E-state index contributed by atoms with van der Waals surface area (Å²) >= 11 is 1.89. The molecule has 1 aliphatic rings. The highest BCUT2D eigenvalue weighted by atomic mass is 32.2. The van der Waals surface area contributed by atoms with Crippen molar-refractivity contribution in [1.29, 1.82) is 0 Å². The van der Waals surface area contributed by atoms with Gasteiger partial charge < -0.3 is 14.8 Å². The van der Waals surface area contributed by atoms with Crippen LogP contribution in [0.15, 0.2) is 66.9 Å². The van der Waals surface area contributed by atoms with Gasteiger partial charge in [-0.05, 0) is 55.6 Å². The highest BCUT2D eigenvalue weighted by Gasteiger charge is 2.11. The number of aromatic nitrogens is 2. The van der Waals surface area contributed by atoms with Crippen molar-refractivity contribution in [2.24, 2.45) is 0 Å². The van der Waals surface area contributed by atoms with Crippen molar-refractivity contribution in [2.75, 3.05) is 43.6 Å². The van der Waals surface area contributed by atoms with Crippen LogP contribution < -0.4 is 14.8 Å². The van der Waals surface area contributed by atoms with E-state index in [0.29, 0.717) is 19.2 Å². The van der Waals surface area contributed by atoms with Gasteiger partial charge in [-0.15, -0.1) is 0 Å². The molecule has 1 aromatic heterocycles. The summed E-state index contributed by atoms with van der Waals surface area (Å²) in [6.07, 6.45) is 7.01. The lowest BCUT2D eigenvalue weighted by molar-refractivity contribution is 0.318. The van der Waals surface area contributed by atoms with E-state index in [2.05, 4.69) is 47.4 Å². The molecule has 0 saturated carbocycles. The first-order valence-electron chi connectivity index (χ1n) is 11.7. The molecular weight excluding hydrogens is 444 g/mol. The molecule has 0 radical (unpaired) electrons. The summed E-state index contributed by atoms with van der Waals surface area (Å²) in [5.74, 6) is 4.41. The SMILES string of the molecule is CCSCCOc1ccc2cc1CN(C)CC=CCCOc1cccc(c1)-c1ccnc(n1)N2. The number of likely N-dealkylation sites (N-methyl/N-ethyl adjacent to an activating group) is 1. The Kier molecular flexibility index (Phi) is 8.82. The maximum Gasteiger partial charge on any atom is 0.227 e. The fourth-order valence-electron chi connectivity index (χ4n) is 3.70. The lowest BCUT2D eigenvalue weighted by Gasteiger charge is -2.19. The summed E-state index contributed by atoms with van der Waals surface area (Å²) < 4.78 is 12.1. The summed E-state index contributed by atoms with van der Waals surface area (Å²) in [5, 5.41) is 3.37. The Morgan fingerprint density at radius 3 is 3.00 bits per heavy atom. The highest BCUT2D eigenvalue weighted by Crippen LogP contribution is 2.27. The number of benzene rings is 2. The first-order valence-corrected chi connectivity index (χ1v) is 12.9. The summed E-state index contributed by atoms with van der Waals surface area (Å²) in [7, 11) is 2.12. The van der Waals surface area contributed by atoms with Crippen LogP contribution in [-0.4, -0.2) is 53.2 Å². The van der Waals surface area contributed by atoms with Gasteiger partial charge in [-0.1, -0.05) is 31.2 Å². The third-order valence-electron chi connectivity index (χ3n) is 5.37. The molecule has 178 valence electrons. The van der Waals surface area contributed by atoms with Gasteiger partial charge in [0.15, 0.2) is 0 Å². The molecule has 7 heteroatoms. The van der Waals surface area contributed by atoms with E-state index in [1.807, 2.05) is 54.2 Å². The molecule has 2 heterocycles. The molecule has 1 N–H and O–H groups in total. The third-order valence-corrected chi connectivity index (χ3v) is 6.23. The minimum absolute atomic E-state index is 0.556. The van der Waals surface area contributed by atoms with Crippen LogP contribution in [0.4, 0.5) is 11.6 Å². The highest BCUT2D eigenvalue weighted by molar-refractivity contribution is 7.99. The van der Waals surface area contributed by atoms with E-state index in [0.717, 1.165) is 65.0 Å². The van der Waals surface area contributed by atoms with Gasteiger partial charge >= 0.3 is 0 Å². The Labute approximate surface area is 206 Å². The number of hydrogen-bond donors (Lipinski definition) is 1. The number of anilines is 2. The van der Waals surface area contributed by atoms with Crippen molar-refractivity contribution in [1.82, 2.24) is 14.9 Å². The zero-order chi connectivity index (χ0) is 23.6. The molecule has 0 fully saturated rings. The van der Waals surface area contributed by atoms with Crippen LogP contribution in [0.5, 0.6) is 11.5 Å². The molecule has 2 aromatic carbocycles. The van der Waals surface area contributed by atoms with E-state index in [-0.39, 0.29) is 0 Å². The van der Waals surface area contributed by atoms with Crippen molar-refractivity contribution < 1.29 is 9.47 Å². The summed E-state index contributed by atoms with van der Waals surface area (Å²) in [5.41, 5.74) is 3.91. The number of thioether (sulfide) groups is 1. The van der Waals surface area contributed by atoms with Crippen LogP contribution in [0.2, 0.25) is 0 Å². The Morgan fingerprint density at radius 1 is 1.15 bits per heavy atom. The van der Waals surface area contributed by atoms with Gasteiger partial charge in [-0.25, -0.2) is 9.97 Å². The van der Waals surface area contributed by atoms with Crippen LogP contribution in [0, 0.1) is 0 Å². The third kappa shape index (κ3) is 6.98. The number of nitrogens with one attached hydrogen (secondary N) is 1. The fourth-order valence-corrected chi connectivity index (χ4v) is 4.19. The smallest absolute Gasteiger partial charge is 0.227 e. The zero-order valence-electron chi connectivity index (χ0n) is 19.9. The molecule has 6 bridgehead atoms. The second-order valence-electron chi connectivity index (χ2n) is 8.09. The van der Waals surface area contributed by atoms with Gasteiger partial charge in [-0.2, -0.15) is 11.8 Å². The van der Waals surface area contributed by atoms with Crippen LogP contribution >= 0.6 is 11.8 Å². The van der Waals surface area contributed by atoms with E-state index in [9.17, 15) is 0 Å². The van der Waals surface area contributed by atoms with Crippen molar-refractivity contribution in [3.05, 3.63) is 72.4 Å². The normalized spacial score (nSPS) is 14.4. The van der Waals surface area contributed by atoms with Gasteiger partial charge in [0, 0.05) is 41.9 Å². The molecule has 3 aromatic rings. The number of hydrogen-bond acceptors (Lipinski definition) is 7. The molecule has 0 atom stereocenters. The second-order valence-corrected chi connectivity index (χ2v) is 9.49. The van der Waals surface area contributed by atoms with Gasteiger partial charge in [-0.3, -0.25) is 4.90 Å². The predicted octanol–water partition coefficient (Wildman–Crippen LogP) is 5.79. The second kappa shape index (κ2) is 12.4. The topological polar surface area (TPSA) is 59.5 Å². The van der Waals surface area contributed by atoms with Crippen molar-refractivity contribution >= 4 is 23.4 Å². The van der Waals surface area contributed by atoms with Gasteiger partial charge in [0.25, 0.3) is 0 Å². The van der Waals surface area contributed by atoms with Crippen LogP contribution in [0.25, 0.3) is 11.3 Å². The minimum Gasteiger partial charge on any atom is -0.493 e. The summed E-state index contributed by atoms with van der Waals surface area (Å²) in [4.78, 5) is 11.4. The quantitative estimate of drug-likeness (QED) is 0.369. The number of rotatable bonds is 5. The van der Waals surface area contributed by atoms with Crippen molar-refractivity contribution in [3.8, 4) is 22.8 Å². The molecule has 1 aliphatic heterocycles. The lowest BCUT2D eigenvalue weighted by Crippen LogP contribution is -2.18. The first-order chi connectivity index (χ1) is 16.7. The Balaban J connectivity index is 1.63. The first kappa shape index (κ1) is 24.1. The average Bonchev–Trinajstić information content (AvgIpc) is 2.85. The Morgan fingerprint density at radius 2 is 2.09 bits per heavy atom. The van der Waals surface area contributed by atoms with Crippen molar-refractivity contribution in [3.63, 3.8) is 0 Å². The molecule has 34 heavy (non-hydrogen) atoms. The minimum atomic E-state index is 0.556. The van der Waals surface area contributed by atoms with Crippen LogP contribution in [0.1, 0.15) is 18.9 Å². The molecule has 0 saturated heterocycles. The largest absolute Gasteiger partial charge is 0.493 e. The van der Waals surface area contributed by atoms with Crippen LogP contribution in [-0.2, 0) is 6.54 Å². The van der Waals surface area contributed by atoms with E-state index < -0.39 is 0 Å². The Bertz CT molecular complexity index is 1110. The maximum atomic E-state index is 6.13. The van der Waals surface area contributed by atoms with E-state index in [1.165, 1.54) is 0 Å². The molecule has 0 aliphatic carbocycles. The van der Waals surface area contributed by atoms with Crippen LogP contribution in [0.3, 0.4) is 0 Å². The number of ether oxygens (including phenoxy) is 2. The van der Waals surface area contributed by atoms with E-state index in [1.54, 1.807) is 6.20 Å². The predicted molar refractivity (Wildman–Crippen MR) is 141 cm³/mol. The monoisotopic (exact) mass is 476 g/mol. The maximum absolute atomic E-state index is 6.13. The van der Waals surface area contributed by atoms with Gasteiger partial charge in [0.2, 0.25) is 5.95 Å². The van der Waals surface area contributed by atoms with Gasteiger partial charge in [0.05, 0.1) is 18.9 Å². The number of nitrogens with zero attached hydrogens (tertiary/aromatic N) is 3. The number of fused-ring (bicyclic) bond motifs is 7. The lowest BCUT2D eigenvalue weighted by atomic mass is 10.1. The van der Waals surface area contributed by atoms with Crippen molar-refractivity contribution in [2.45, 2.75) is 19.9 Å². The summed E-state index contributed by atoms with van der Waals surface area (Å²) in [6, 6.07) is 16.1. The molecule has 0 spiro atoms. The molecule has 6 nitrogen and oxygen atoms in total. The Hall–Kier alpha value is -3.03. The van der Waals surface area contributed by atoms with Gasteiger partial charge in [0.1, 0.15) is 11.5 Å². The molecular formula is C27H32N4O2S. The molecule has 4 rings (SSSR count). The molecule has 0 amide bonds. The van der Waals surface area contributed by atoms with E-state index >= 15 is 0 Å². The zero-order valence-corrected chi connectivity index (χ0v) is 20.7. The average molecular weight is 477 g/mol. The molecule has 0 unspecified atom stereocenters. The van der Waals surface area contributed by atoms with E-state index in [4.69, 9.17) is 14.5 Å².